The summed E-state index contributed by atoms with van der Waals surface area (Å²) in [5, 5.41) is 0.782. The predicted octanol–water partition coefficient (Wildman–Crippen LogP) is 5.26. The van der Waals surface area contributed by atoms with Crippen LogP contribution in [0.1, 0.15) is 48.4 Å². The molecule has 5 heteroatoms. The Morgan fingerprint density at radius 2 is 1.83 bits per heavy atom. The third kappa shape index (κ3) is 4.74. The van der Waals surface area contributed by atoms with Crippen LogP contribution >= 0.6 is 23.4 Å². The number of nitrogens with zero attached hydrogens (tertiary/aromatic N) is 1. The van der Waals surface area contributed by atoms with E-state index in [0.29, 0.717) is 10.0 Å². The number of thioether (sulfide) groups is 1. The van der Waals surface area contributed by atoms with Crippen molar-refractivity contribution < 1.29 is 4.79 Å². The fourth-order valence-electron chi connectivity index (χ4n) is 2.33. The van der Waals surface area contributed by atoms with Gasteiger partial charge in [-0.3, -0.25) is 4.79 Å². The molecule has 0 aliphatic carbocycles. The Kier molecular flexibility index (Phi) is 8.29. The van der Waals surface area contributed by atoms with Crippen LogP contribution in [0.3, 0.4) is 0 Å². The van der Waals surface area contributed by atoms with Crippen molar-refractivity contribution in [1.29, 1.82) is 0 Å². The fraction of sp³-hybridized carbons (Fsp3) is 0.368. The van der Waals surface area contributed by atoms with Crippen molar-refractivity contribution in [2.24, 2.45) is 5.73 Å². The lowest BCUT2D eigenvalue weighted by atomic mass is 10.1. The molecule has 0 saturated carbocycles. The molecule has 1 heterocycles. The molecule has 0 fully saturated rings. The first-order valence-corrected chi connectivity index (χ1v) is 9.38. The minimum atomic E-state index is -0.502. The van der Waals surface area contributed by atoms with Gasteiger partial charge < -0.3 is 5.73 Å². The Balaban J connectivity index is 0.00000139. The molecule has 0 radical (unpaired) electrons. The molecule has 0 saturated heterocycles. The standard InChI is InChI=1S/C17H19ClN2OS.C2H6/c1-4-13-10(2)11(3)20-17(14(13)18)22-15(16(19)21)12-8-6-5-7-9-12;1-2/h5-9,15H,4H2,1-3H3,(H2,19,21);1-2H3. The summed E-state index contributed by atoms with van der Waals surface area (Å²) in [6, 6.07) is 9.45. The molecule has 0 bridgehead atoms. The van der Waals surface area contributed by atoms with Gasteiger partial charge in [-0.15, -0.1) is 0 Å². The number of nitrogens with two attached hydrogens (primary N) is 1. The van der Waals surface area contributed by atoms with E-state index in [0.717, 1.165) is 28.8 Å². The zero-order valence-electron chi connectivity index (χ0n) is 14.9. The first kappa shape index (κ1) is 20.5. The summed E-state index contributed by atoms with van der Waals surface area (Å²) in [4.78, 5) is 16.4. The van der Waals surface area contributed by atoms with Crippen LogP contribution in [0.2, 0.25) is 5.02 Å². The van der Waals surface area contributed by atoms with Crippen LogP contribution in [-0.4, -0.2) is 10.9 Å². The number of aromatic nitrogens is 1. The summed E-state index contributed by atoms with van der Waals surface area (Å²) in [5.74, 6) is -0.398. The van der Waals surface area contributed by atoms with Gasteiger partial charge in [0.15, 0.2) is 0 Å². The van der Waals surface area contributed by atoms with E-state index in [9.17, 15) is 4.79 Å². The van der Waals surface area contributed by atoms with Crippen LogP contribution < -0.4 is 5.73 Å². The normalized spacial score (nSPS) is 11.4. The van der Waals surface area contributed by atoms with Crippen LogP contribution in [0.25, 0.3) is 0 Å². The molecule has 2 rings (SSSR count). The highest BCUT2D eigenvalue weighted by atomic mass is 35.5. The molecule has 2 N–H and O–H groups in total. The van der Waals surface area contributed by atoms with E-state index in [2.05, 4.69) is 11.9 Å². The number of hydrogen-bond donors (Lipinski definition) is 1. The van der Waals surface area contributed by atoms with E-state index < -0.39 is 11.2 Å². The van der Waals surface area contributed by atoms with Gasteiger partial charge in [-0.05, 0) is 37.0 Å². The number of carbonyl (C=O) groups excluding carboxylic acids is 1. The molecular weight excluding hydrogens is 340 g/mol. The highest BCUT2D eigenvalue weighted by molar-refractivity contribution is 8.00. The molecule has 1 atom stereocenters. The topological polar surface area (TPSA) is 56.0 Å². The van der Waals surface area contributed by atoms with Crippen LogP contribution in [-0.2, 0) is 11.2 Å². The van der Waals surface area contributed by atoms with E-state index in [1.165, 1.54) is 11.8 Å². The van der Waals surface area contributed by atoms with Gasteiger partial charge in [-0.2, -0.15) is 0 Å². The Morgan fingerprint density at radius 3 is 2.33 bits per heavy atom. The summed E-state index contributed by atoms with van der Waals surface area (Å²) in [7, 11) is 0. The van der Waals surface area contributed by atoms with Gasteiger partial charge >= 0.3 is 0 Å². The average Bonchev–Trinajstić information content (AvgIpc) is 2.59. The van der Waals surface area contributed by atoms with Crippen LogP contribution in [0, 0.1) is 13.8 Å². The SMILES string of the molecule is CC.CCc1c(C)c(C)nc(SC(C(N)=O)c2ccccc2)c1Cl. The third-order valence-electron chi connectivity index (χ3n) is 3.66. The van der Waals surface area contributed by atoms with Crippen LogP contribution in [0.15, 0.2) is 35.4 Å². The van der Waals surface area contributed by atoms with Gasteiger partial charge in [0, 0.05) is 5.69 Å². The van der Waals surface area contributed by atoms with E-state index in [1.807, 2.05) is 58.0 Å². The van der Waals surface area contributed by atoms with E-state index in [1.54, 1.807) is 0 Å². The largest absolute Gasteiger partial charge is 0.368 e. The first-order valence-electron chi connectivity index (χ1n) is 8.12. The van der Waals surface area contributed by atoms with Gasteiger partial charge in [-0.1, -0.05) is 74.5 Å². The van der Waals surface area contributed by atoms with Crippen molar-refractivity contribution in [3.05, 3.63) is 57.7 Å². The second-order valence-electron chi connectivity index (χ2n) is 5.08. The van der Waals surface area contributed by atoms with Crippen molar-refractivity contribution in [2.45, 2.75) is 51.3 Å². The number of halogens is 1. The van der Waals surface area contributed by atoms with Gasteiger partial charge in [-0.25, -0.2) is 4.98 Å². The molecule has 1 aromatic carbocycles. The lowest BCUT2D eigenvalue weighted by molar-refractivity contribution is -0.117. The maximum Gasteiger partial charge on any atom is 0.235 e. The van der Waals surface area contributed by atoms with Gasteiger partial charge in [0.25, 0.3) is 0 Å². The molecule has 24 heavy (non-hydrogen) atoms. The zero-order chi connectivity index (χ0) is 18.3. The lowest BCUT2D eigenvalue weighted by Gasteiger charge is -2.17. The van der Waals surface area contributed by atoms with E-state index in [-0.39, 0.29) is 0 Å². The first-order chi connectivity index (χ1) is 11.5. The summed E-state index contributed by atoms with van der Waals surface area (Å²) in [6.07, 6.45) is 0.828. The van der Waals surface area contributed by atoms with Crippen molar-refractivity contribution in [2.75, 3.05) is 0 Å². The molecule has 2 aromatic rings. The Labute approximate surface area is 154 Å². The number of carbonyl (C=O) groups is 1. The summed E-state index contributed by atoms with van der Waals surface area (Å²) in [6.45, 7) is 10.0. The quantitative estimate of drug-likeness (QED) is 0.736. The summed E-state index contributed by atoms with van der Waals surface area (Å²) < 4.78 is 0. The molecular formula is C19H25ClN2OS. The monoisotopic (exact) mass is 364 g/mol. The molecule has 0 spiro atoms. The number of rotatable bonds is 5. The number of aryl methyl sites for hydroxylation is 1. The summed E-state index contributed by atoms with van der Waals surface area (Å²) in [5.41, 5.74) is 9.54. The highest BCUT2D eigenvalue weighted by Crippen LogP contribution is 2.40. The van der Waals surface area contributed by atoms with Crippen molar-refractivity contribution in [3.63, 3.8) is 0 Å². The van der Waals surface area contributed by atoms with Gasteiger partial charge in [0.05, 0.1) is 5.02 Å². The van der Waals surface area contributed by atoms with Crippen LogP contribution in [0.5, 0.6) is 0 Å². The minimum absolute atomic E-state index is 0.398. The van der Waals surface area contributed by atoms with E-state index in [4.69, 9.17) is 17.3 Å². The zero-order valence-corrected chi connectivity index (χ0v) is 16.5. The number of primary amides is 1. The average molecular weight is 365 g/mol. The third-order valence-corrected chi connectivity index (χ3v) is 5.44. The number of hydrogen-bond acceptors (Lipinski definition) is 3. The number of amides is 1. The molecule has 1 unspecified atom stereocenters. The second kappa shape index (κ2) is 9.70. The highest BCUT2D eigenvalue weighted by Gasteiger charge is 2.23. The van der Waals surface area contributed by atoms with Crippen molar-refractivity contribution in [1.82, 2.24) is 4.98 Å². The predicted molar refractivity (Wildman–Crippen MR) is 104 cm³/mol. The van der Waals surface area contributed by atoms with Crippen molar-refractivity contribution in [3.8, 4) is 0 Å². The second-order valence-corrected chi connectivity index (χ2v) is 6.56. The van der Waals surface area contributed by atoms with Gasteiger partial charge in [0.1, 0.15) is 10.3 Å². The minimum Gasteiger partial charge on any atom is -0.368 e. The van der Waals surface area contributed by atoms with Crippen LogP contribution in [0.4, 0.5) is 0 Å². The Bertz CT molecular complexity index is 690. The fourth-order valence-corrected chi connectivity index (χ4v) is 3.83. The maximum absolute atomic E-state index is 11.9. The maximum atomic E-state index is 11.9. The molecule has 3 nitrogen and oxygen atoms in total. The number of pyridine rings is 1. The Hall–Kier alpha value is -1.52. The summed E-state index contributed by atoms with van der Waals surface area (Å²) >= 11 is 7.80. The smallest absolute Gasteiger partial charge is 0.235 e. The molecule has 130 valence electrons. The molecule has 1 aromatic heterocycles. The Morgan fingerprint density at radius 1 is 1.25 bits per heavy atom. The molecule has 1 amide bonds. The van der Waals surface area contributed by atoms with Gasteiger partial charge in [0.2, 0.25) is 5.91 Å². The van der Waals surface area contributed by atoms with Crippen molar-refractivity contribution >= 4 is 29.3 Å². The number of benzene rings is 1. The van der Waals surface area contributed by atoms with E-state index >= 15 is 0 Å². The molecule has 0 aliphatic rings. The molecule has 0 aliphatic heterocycles. The lowest BCUT2D eigenvalue weighted by Crippen LogP contribution is -2.19.